The van der Waals surface area contributed by atoms with Gasteiger partial charge in [-0.1, -0.05) is 38.1 Å². The largest absolute Gasteiger partial charge is 0.350 e. The maximum atomic E-state index is 12.1. The number of nitrogens with zero attached hydrogens (tertiary/aromatic N) is 1. The highest BCUT2D eigenvalue weighted by atomic mass is 32.1. The average molecular weight is 400 g/mol. The average Bonchev–Trinajstić information content (AvgIpc) is 3.19. The summed E-state index contributed by atoms with van der Waals surface area (Å²) in [5.41, 5.74) is 2.98. The smallest absolute Gasteiger partial charge is 0.252 e. The number of thiophene rings is 1. The Morgan fingerprint density at radius 1 is 1.07 bits per heavy atom. The van der Waals surface area contributed by atoms with Crippen molar-refractivity contribution in [3.63, 3.8) is 0 Å². The second-order valence-corrected chi connectivity index (χ2v) is 8.66. The van der Waals surface area contributed by atoms with Crippen LogP contribution in [0.15, 0.2) is 41.1 Å². The van der Waals surface area contributed by atoms with Crippen LogP contribution < -0.4 is 10.6 Å². The van der Waals surface area contributed by atoms with E-state index >= 15 is 0 Å². The van der Waals surface area contributed by atoms with Crippen LogP contribution in [-0.4, -0.2) is 36.3 Å². The van der Waals surface area contributed by atoms with Crippen molar-refractivity contribution in [1.82, 2.24) is 15.5 Å². The molecule has 3 rings (SSSR count). The van der Waals surface area contributed by atoms with Crippen molar-refractivity contribution < 1.29 is 9.59 Å². The van der Waals surface area contributed by atoms with Crippen LogP contribution in [0.4, 0.5) is 0 Å². The summed E-state index contributed by atoms with van der Waals surface area (Å²) < 4.78 is 0. The van der Waals surface area contributed by atoms with Crippen LogP contribution in [-0.2, 0) is 17.9 Å². The fraction of sp³-hybridized carbons (Fsp3) is 0.455. The first kappa shape index (κ1) is 20.6. The molecule has 1 aromatic carbocycles. The lowest BCUT2D eigenvalue weighted by Gasteiger charge is -2.35. The van der Waals surface area contributed by atoms with Crippen molar-refractivity contribution in [3.05, 3.63) is 57.8 Å². The lowest BCUT2D eigenvalue weighted by atomic mass is 9.91. The zero-order valence-corrected chi connectivity index (χ0v) is 17.4. The summed E-state index contributed by atoms with van der Waals surface area (Å²) >= 11 is 1.46. The number of hydrogen-bond donors (Lipinski definition) is 2. The summed E-state index contributed by atoms with van der Waals surface area (Å²) in [6, 6.07) is 10.0. The van der Waals surface area contributed by atoms with Gasteiger partial charge in [-0.15, -0.1) is 0 Å². The number of rotatable bonds is 7. The highest BCUT2D eigenvalue weighted by Gasteiger charge is 2.22. The van der Waals surface area contributed by atoms with E-state index in [1.807, 2.05) is 11.4 Å². The van der Waals surface area contributed by atoms with E-state index in [4.69, 9.17) is 0 Å². The van der Waals surface area contributed by atoms with Crippen LogP contribution in [0.2, 0.25) is 0 Å². The molecule has 2 N–H and O–H groups in total. The van der Waals surface area contributed by atoms with E-state index in [1.165, 1.54) is 23.3 Å². The summed E-state index contributed by atoms with van der Waals surface area (Å²) in [6.45, 7) is 8.26. The van der Waals surface area contributed by atoms with E-state index in [1.54, 1.807) is 11.4 Å². The van der Waals surface area contributed by atoms with E-state index in [0.29, 0.717) is 12.1 Å². The maximum absolute atomic E-state index is 12.1. The molecule has 1 saturated heterocycles. The number of likely N-dealkylation sites (tertiary alicyclic amines) is 1. The number of carbonyl (C=O) groups excluding carboxylic acids is 2. The minimum atomic E-state index is -0.217. The molecule has 2 amide bonds. The van der Waals surface area contributed by atoms with Gasteiger partial charge in [0.2, 0.25) is 5.91 Å². The molecule has 150 valence electrons. The summed E-state index contributed by atoms with van der Waals surface area (Å²) in [7, 11) is 0. The molecule has 0 saturated carbocycles. The van der Waals surface area contributed by atoms with Gasteiger partial charge in [0, 0.05) is 37.1 Å². The number of nitrogens with one attached hydrogen (secondary N) is 2. The van der Waals surface area contributed by atoms with E-state index in [2.05, 4.69) is 47.6 Å². The van der Waals surface area contributed by atoms with Crippen molar-refractivity contribution in [2.45, 2.75) is 33.4 Å². The SMILES string of the molecule is CC1CC(C)CN(Cc2ccccc2CNC(=O)CNC(=O)c2ccsc2)C1. The molecule has 28 heavy (non-hydrogen) atoms. The Balaban J connectivity index is 1.50. The first-order chi connectivity index (χ1) is 13.5. The Hall–Kier alpha value is -2.18. The lowest BCUT2D eigenvalue weighted by Crippen LogP contribution is -2.38. The van der Waals surface area contributed by atoms with Crippen LogP contribution in [0.3, 0.4) is 0 Å². The van der Waals surface area contributed by atoms with Crippen molar-refractivity contribution in [2.24, 2.45) is 11.8 Å². The molecule has 1 fully saturated rings. The van der Waals surface area contributed by atoms with Gasteiger partial charge in [0.1, 0.15) is 0 Å². The first-order valence-electron chi connectivity index (χ1n) is 9.87. The molecule has 2 heterocycles. The van der Waals surface area contributed by atoms with Crippen molar-refractivity contribution >= 4 is 23.2 Å². The molecule has 0 radical (unpaired) electrons. The molecule has 2 unspecified atom stereocenters. The Morgan fingerprint density at radius 2 is 1.79 bits per heavy atom. The Morgan fingerprint density at radius 3 is 2.46 bits per heavy atom. The van der Waals surface area contributed by atoms with Crippen LogP contribution in [0.25, 0.3) is 0 Å². The molecule has 6 heteroatoms. The summed E-state index contributed by atoms with van der Waals surface area (Å²) in [4.78, 5) is 26.6. The third-order valence-electron chi connectivity index (χ3n) is 5.13. The highest BCUT2D eigenvalue weighted by molar-refractivity contribution is 7.08. The molecule has 2 aromatic rings. The second-order valence-electron chi connectivity index (χ2n) is 7.88. The van der Waals surface area contributed by atoms with Crippen molar-refractivity contribution in [3.8, 4) is 0 Å². The molecular formula is C22H29N3O2S. The molecule has 0 aliphatic carbocycles. The topological polar surface area (TPSA) is 61.4 Å². The predicted octanol–water partition coefficient (Wildman–Crippen LogP) is 3.27. The summed E-state index contributed by atoms with van der Waals surface area (Å²) in [6.07, 6.45) is 1.30. The third kappa shape index (κ3) is 5.91. The fourth-order valence-corrected chi connectivity index (χ4v) is 4.59. The van der Waals surface area contributed by atoms with Gasteiger partial charge in [-0.2, -0.15) is 11.3 Å². The second kappa shape index (κ2) is 9.85. The van der Waals surface area contributed by atoms with Gasteiger partial charge in [-0.05, 0) is 40.8 Å². The van der Waals surface area contributed by atoms with Crippen LogP contribution in [0, 0.1) is 11.8 Å². The molecule has 0 spiro atoms. The summed E-state index contributed by atoms with van der Waals surface area (Å²) in [5, 5.41) is 9.20. The molecule has 0 bridgehead atoms. The van der Waals surface area contributed by atoms with E-state index in [0.717, 1.165) is 37.0 Å². The number of piperidine rings is 1. The minimum absolute atomic E-state index is 0.0159. The standard InChI is InChI=1S/C22H29N3O2S/c1-16-9-17(2)13-25(12-16)14-19-6-4-3-5-18(19)10-23-21(26)11-24-22(27)20-7-8-28-15-20/h3-8,15-17H,9-14H2,1-2H3,(H,23,26)(H,24,27). The Bertz CT molecular complexity index is 781. The van der Waals surface area contributed by atoms with Crippen LogP contribution in [0.1, 0.15) is 41.8 Å². The van der Waals surface area contributed by atoms with Crippen molar-refractivity contribution in [2.75, 3.05) is 19.6 Å². The van der Waals surface area contributed by atoms with Gasteiger partial charge in [-0.25, -0.2) is 0 Å². The molecule has 5 nitrogen and oxygen atoms in total. The van der Waals surface area contributed by atoms with E-state index in [-0.39, 0.29) is 18.4 Å². The first-order valence-corrected chi connectivity index (χ1v) is 10.8. The van der Waals surface area contributed by atoms with Crippen LogP contribution >= 0.6 is 11.3 Å². The maximum Gasteiger partial charge on any atom is 0.252 e. The van der Waals surface area contributed by atoms with Crippen LogP contribution in [0.5, 0.6) is 0 Å². The third-order valence-corrected chi connectivity index (χ3v) is 5.81. The Labute approximate surface area is 171 Å². The van der Waals surface area contributed by atoms with Gasteiger partial charge in [-0.3, -0.25) is 14.5 Å². The Kier molecular flexibility index (Phi) is 7.23. The fourth-order valence-electron chi connectivity index (χ4n) is 3.96. The van der Waals surface area contributed by atoms with Gasteiger partial charge in [0.05, 0.1) is 6.54 Å². The predicted molar refractivity (Wildman–Crippen MR) is 113 cm³/mol. The van der Waals surface area contributed by atoms with Gasteiger partial charge in [0.15, 0.2) is 0 Å². The molecule has 1 aromatic heterocycles. The van der Waals surface area contributed by atoms with Gasteiger partial charge in [0.25, 0.3) is 5.91 Å². The molecular weight excluding hydrogens is 370 g/mol. The van der Waals surface area contributed by atoms with Crippen molar-refractivity contribution in [1.29, 1.82) is 0 Å². The normalized spacial score (nSPS) is 19.9. The molecule has 1 aliphatic heterocycles. The highest BCUT2D eigenvalue weighted by Crippen LogP contribution is 2.23. The van der Waals surface area contributed by atoms with Gasteiger partial charge >= 0.3 is 0 Å². The lowest BCUT2D eigenvalue weighted by molar-refractivity contribution is -0.120. The van der Waals surface area contributed by atoms with Gasteiger partial charge < -0.3 is 10.6 Å². The zero-order chi connectivity index (χ0) is 19.9. The number of amides is 2. The number of benzene rings is 1. The minimum Gasteiger partial charge on any atom is -0.350 e. The summed E-state index contributed by atoms with van der Waals surface area (Å²) in [5.74, 6) is 1.05. The monoisotopic (exact) mass is 399 g/mol. The molecule has 1 aliphatic rings. The molecule has 2 atom stereocenters. The number of hydrogen-bond acceptors (Lipinski definition) is 4. The quantitative estimate of drug-likeness (QED) is 0.751. The number of carbonyl (C=O) groups is 2. The van der Waals surface area contributed by atoms with E-state index in [9.17, 15) is 9.59 Å². The van der Waals surface area contributed by atoms with E-state index < -0.39 is 0 Å². The zero-order valence-electron chi connectivity index (χ0n) is 16.6.